The van der Waals surface area contributed by atoms with Crippen molar-refractivity contribution in [2.75, 3.05) is 13.7 Å². The summed E-state index contributed by atoms with van der Waals surface area (Å²) in [5.41, 5.74) is 3.28. The second-order valence-electron chi connectivity index (χ2n) is 14.6. The molecule has 0 saturated heterocycles. The molecule has 3 aromatic carbocycles. The highest BCUT2D eigenvalue weighted by atomic mass is 28.4. The molecule has 3 aromatic rings. The van der Waals surface area contributed by atoms with Crippen molar-refractivity contribution in [3.05, 3.63) is 88.5 Å². The van der Waals surface area contributed by atoms with E-state index in [1.807, 2.05) is 56.4 Å². The van der Waals surface area contributed by atoms with E-state index in [0.29, 0.717) is 12.4 Å². The number of ether oxygens (including phenoxy) is 2. The Hall–Kier alpha value is -2.59. The van der Waals surface area contributed by atoms with E-state index in [0.717, 1.165) is 40.2 Å². The van der Waals surface area contributed by atoms with E-state index in [4.69, 9.17) is 13.9 Å². The Labute approximate surface area is 255 Å². The molecule has 0 amide bonds. The number of aliphatic hydroxyl groups is 1. The lowest BCUT2D eigenvalue weighted by atomic mass is 9.71. The largest absolute Gasteiger partial charge is 0.543 e. The zero-order chi connectivity index (χ0) is 31.3. The summed E-state index contributed by atoms with van der Waals surface area (Å²) in [6.07, 6.45) is 0.798. The summed E-state index contributed by atoms with van der Waals surface area (Å²) < 4.78 is 18.6. The highest BCUT2D eigenvalue weighted by Gasteiger charge is 2.48. The van der Waals surface area contributed by atoms with Crippen LogP contribution in [0.25, 0.3) is 0 Å². The van der Waals surface area contributed by atoms with Crippen LogP contribution in [0.1, 0.15) is 68.4 Å². The second-order valence-corrected chi connectivity index (χ2v) is 23.8. The zero-order valence-electron chi connectivity index (χ0n) is 27.4. The van der Waals surface area contributed by atoms with Gasteiger partial charge in [-0.3, -0.25) is 0 Å². The zero-order valence-corrected chi connectivity index (χ0v) is 29.4. The maximum atomic E-state index is 12.8. The van der Waals surface area contributed by atoms with Crippen molar-refractivity contribution < 1.29 is 23.8 Å². The summed E-state index contributed by atoms with van der Waals surface area (Å²) in [5, 5.41) is 12.7. The van der Waals surface area contributed by atoms with Gasteiger partial charge in [-0.05, 0) is 90.6 Å². The van der Waals surface area contributed by atoms with E-state index in [-0.39, 0.29) is 16.0 Å². The van der Waals surface area contributed by atoms with Gasteiger partial charge in [0.15, 0.2) is 8.32 Å². The molecule has 0 aromatic heterocycles. The van der Waals surface area contributed by atoms with Crippen molar-refractivity contribution in [2.45, 2.75) is 95.7 Å². The monoisotopic (exact) mass is 606 g/mol. The molecule has 0 saturated carbocycles. The number of benzene rings is 3. The summed E-state index contributed by atoms with van der Waals surface area (Å²) >= 11 is 0. The van der Waals surface area contributed by atoms with Crippen molar-refractivity contribution >= 4 is 16.6 Å². The molecular formula is C35H50O5Si2. The molecule has 0 fully saturated rings. The summed E-state index contributed by atoms with van der Waals surface area (Å²) in [7, 11) is -2.77. The first-order valence-corrected chi connectivity index (χ1v) is 20.8. The average Bonchev–Trinajstić information content (AvgIpc) is 2.89. The summed E-state index contributed by atoms with van der Waals surface area (Å²) in [6, 6.07) is 20.1. The molecule has 1 aliphatic heterocycles. The summed E-state index contributed by atoms with van der Waals surface area (Å²) in [5.74, 6) is 1.91. The smallest absolute Gasteiger partial charge is 0.250 e. The fraction of sp³-hybridized carbons (Fsp3) is 0.486. The molecule has 2 N–H and O–H groups in total. The van der Waals surface area contributed by atoms with Crippen molar-refractivity contribution in [3.63, 3.8) is 0 Å². The number of methoxy groups -OCH3 is 1. The third-order valence-electron chi connectivity index (χ3n) is 10.1. The van der Waals surface area contributed by atoms with E-state index >= 15 is 0 Å². The number of hydrogen-bond acceptors (Lipinski definition) is 5. The van der Waals surface area contributed by atoms with Gasteiger partial charge in [-0.2, -0.15) is 0 Å². The third kappa shape index (κ3) is 5.94. The van der Waals surface area contributed by atoms with E-state index in [1.165, 1.54) is 5.56 Å². The van der Waals surface area contributed by atoms with Crippen molar-refractivity contribution in [1.82, 2.24) is 0 Å². The maximum absolute atomic E-state index is 12.8. The van der Waals surface area contributed by atoms with Gasteiger partial charge in [-0.15, -0.1) is 0 Å². The summed E-state index contributed by atoms with van der Waals surface area (Å²) in [6.45, 7) is 21.8. The topological polar surface area (TPSA) is 68.2 Å². The third-order valence-corrected chi connectivity index (χ3v) is 17.9. The van der Waals surface area contributed by atoms with E-state index < -0.39 is 22.2 Å². The molecule has 2 atom stereocenters. The van der Waals surface area contributed by atoms with Crippen LogP contribution in [0.5, 0.6) is 17.2 Å². The van der Waals surface area contributed by atoms with Crippen LogP contribution >= 0.6 is 0 Å². The molecule has 228 valence electrons. The lowest BCUT2D eigenvalue weighted by Gasteiger charge is -2.43. The standard InChI is InChI=1S/C35H50O5Si2/c1-24-31(40-42(10,11)33(2,3)4)21-20-29-32(24)39-23-30(35(29,36)27-16-18-28(38-7)19-17-27)26-14-12-25(13-15-26)22-34(5,6)41(8,9)37/h12-21,30,36-37H,22-23H2,1-11H3. The first-order valence-electron chi connectivity index (χ1n) is 15.0. The minimum Gasteiger partial charge on any atom is -0.543 e. The molecule has 1 heterocycles. The minimum absolute atomic E-state index is 0.0572. The molecule has 0 radical (unpaired) electrons. The molecule has 4 rings (SSSR count). The molecule has 7 heteroatoms. The van der Waals surface area contributed by atoms with Gasteiger partial charge < -0.3 is 23.8 Å². The van der Waals surface area contributed by atoms with Gasteiger partial charge in [0.1, 0.15) is 22.8 Å². The molecule has 0 spiro atoms. The molecule has 5 nitrogen and oxygen atoms in total. The Kier molecular flexibility index (Phi) is 8.59. The van der Waals surface area contributed by atoms with Crippen LogP contribution in [0.4, 0.5) is 0 Å². The van der Waals surface area contributed by atoms with Crippen LogP contribution in [0.15, 0.2) is 60.7 Å². The SMILES string of the molecule is COc1ccc(C2(O)c3ccc(O[Si](C)(C)C(C)(C)C)c(C)c3OCC2c2ccc(CC(C)(C)[Si](C)(C)O)cc2)cc1. The van der Waals surface area contributed by atoms with Crippen LogP contribution in [-0.2, 0) is 12.0 Å². The lowest BCUT2D eigenvalue weighted by Crippen LogP contribution is -2.44. The fourth-order valence-electron chi connectivity index (χ4n) is 5.31. The molecule has 2 unspecified atom stereocenters. The summed E-state index contributed by atoms with van der Waals surface area (Å²) in [4.78, 5) is 10.8. The van der Waals surface area contributed by atoms with Crippen molar-refractivity contribution in [3.8, 4) is 17.2 Å². The van der Waals surface area contributed by atoms with E-state index in [9.17, 15) is 9.90 Å². The molecule has 1 aliphatic rings. The quantitative estimate of drug-likeness (QED) is 0.252. The van der Waals surface area contributed by atoms with Gasteiger partial charge in [0.25, 0.3) is 0 Å². The van der Waals surface area contributed by atoms with Gasteiger partial charge in [-0.25, -0.2) is 0 Å². The van der Waals surface area contributed by atoms with Crippen LogP contribution in [0.2, 0.25) is 36.3 Å². The second kappa shape index (κ2) is 11.2. The lowest BCUT2D eigenvalue weighted by molar-refractivity contribution is 0.0102. The Morgan fingerprint density at radius 3 is 2.02 bits per heavy atom. The predicted molar refractivity (Wildman–Crippen MR) is 177 cm³/mol. The van der Waals surface area contributed by atoms with E-state index in [1.54, 1.807) is 7.11 Å². The first kappa shape index (κ1) is 32.3. The Bertz CT molecular complexity index is 1400. The van der Waals surface area contributed by atoms with E-state index in [2.05, 4.69) is 72.0 Å². The Morgan fingerprint density at radius 1 is 0.905 bits per heavy atom. The molecule has 42 heavy (non-hydrogen) atoms. The normalized spacial score (nSPS) is 19.6. The number of hydrogen-bond donors (Lipinski definition) is 2. The highest BCUT2D eigenvalue weighted by Crippen LogP contribution is 2.52. The Morgan fingerprint density at radius 2 is 1.50 bits per heavy atom. The number of rotatable bonds is 8. The maximum Gasteiger partial charge on any atom is 0.250 e. The highest BCUT2D eigenvalue weighted by molar-refractivity contribution is 6.74. The van der Waals surface area contributed by atoms with Gasteiger partial charge in [0, 0.05) is 11.1 Å². The van der Waals surface area contributed by atoms with Gasteiger partial charge in [0.2, 0.25) is 8.32 Å². The minimum atomic E-state index is -2.34. The van der Waals surface area contributed by atoms with Crippen LogP contribution in [0, 0.1) is 6.92 Å². The average molecular weight is 607 g/mol. The van der Waals surface area contributed by atoms with Gasteiger partial charge >= 0.3 is 0 Å². The molecular weight excluding hydrogens is 557 g/mol. The van der Waals surface area contributed by atoms with Gasteiger partial charge in [-0.1, -0.05) is 71.0 Å². The Balaban J connectivity index is 1.79. The first-order chi connectivity index (χ1) is 19.3. The predicted octanol–water partition coefficient (Wildman–Crippen LogP) is 8.32. The van der Waals surface area contributed by atoms with Gasteiger partial charge in [0.05, 0.1) is 19.6 Å². The van der Waals surface area contributed by atoms with Crippen LogP contribution in [0.3, 0.4) is 0 Å². The fourth-order valence-corrected chi connectivity index (χ4v) is 7.02. The molecule has 0 bridgehead atoms. The molecule has 0 aliphatic carbocycles. The number of fused-ring (bicyclic) bond motifs is 1. The van der Waals surface area contributed by atoms with Crippen LogP contribution < -0.4 is 13.9 Å². The van der Waals surface area contributed by atoms with Crippen molar-refractivity contribution in [2.24, 2.45) is 0 Å². The van der Waals surface area contributed by atoms with Crippen molar-refractivity contribution in [1.29, 1.82) is 0 Å². The van der Waals surface area contributed by atoms with Crippen LogP contribution in [-0.4, -0.2) is 40.3 Å².